The fourth-order valence-electron chi connectivity index (χ4n) is 6.47. The molecule has 1 aromatic heterocycles. The average molecular weight is 967 g/mol. The second-order valence-corrected chi connectivity index (χ2v) is 19.1. The molecule has 0 aliphatic rings. The number of ether oxygens (including phenoxy) is 2. The molecule has 2 amide bonds. The molecule has 21 heteroatoms. The molecular weight excluding hydrogens is 914 g/mol. The number of nitrogens with zero attached hydrogens (tertiary/aromatic N) is 5. The highest BCUT2D eigenvalue weighted by atomic mass is 35.5. The number of rotatable bonds is 19. The van der Waals surface area contributed by atoms with Crippen molar-refractivity contribution >= 4 is 90.1 Å². The first-order chi connectivity index (χ1) is 31.0. The summed E-state index contributed by atoms with van der Waals surface area (Å²) in [5.41, 5.74) is 2.99. The number of aryl methyl sites for hydroxylation is 3. The van der Waals surface area contributed by atoms with Crippen LogP contribution in [0.5, 0.6) is 5.75 Å². The van der Waals surface area contributed by atoms with Crippen LogP contribution in [-0.2, 0) is 24.3 Å². The van der Waals surface area contributed by atoms with Crippen molar-refractivity contribution in [1.82, 2.24) is 14.4 Å². The van der Waals surface area contributed by atoms with Gasteiger partial charge in [0.25, 0.3) is 17.2 Å². The molecule has 0 radical (unpaired) electrons. The van der Waals surface area contributed by atoms with Crippen LogP contribution in [0.1, 0.15) is 63.6 Å². The number of sulfonamides is 1. The van der Waals surface area contributed by atoms with E-state index in [0.29, 0.717) is 46.9 Å². The van der Waals surface area contributed by atoms with Crippen molar-refractivity contribution in [2.45, 2.75) is 68.1 Å². The molecule has 66 heavy (non-hydrogen) atoms. The van der Waals surface area contributed by atoms with Crippen molar-refractivity contribution in [3.8, 4) is 5.75 Å². The van der Waals surface area contributed by atoms with Gasteiger partial charge in [-0.3, -0.25) is 29.9 Å². The summed E-state index contributed by atoms with van der Waals surface area (Å²) in [6.07, 6.45) is 1.03. The summed E-state index contributed by atoms with van der Waals surface area (Å²) in [4.78, 5) is 65.5. The van der Waals surface area contributed by atoms with Crippen molar-refractivity contribution in [3.05, 3.63) is 120 Å². The molecule has 0 fully saturated rings. The van der Waals surface area contributed by atoms with Crippen molar-refractivity contribution in [2.24, 2.45) is 10.4 Å². The van der Waals surface area contributed by atoms with Crippen molar-refractivity contribution in [2.75, 3.05) is 53.6 Å². The maximum absolute atomic E-state index is 14.8. The first kappa shape index (κ1) is 50.9. The van der Waals surface area contributed by atoms with Gasteiger partial charge in [-0.2, -0.15) is 4.68 Å². The van der Waals surface area contributed by atoms with E-state index in [9.17, 15) is 32.9 Å². The summed E-state index contributed by atoms with van der Waals surface area (Å²) in [6.45, 7) is 15.3. The Kier molecular flexibility index (Phi) is 16.5. The van der Waals surface area contributed by atoms with E-state index in [4.69, 9.17) is 37.7 Å². The number of nitro groups is 1. The van der Waals surface area contributed by atoms with Crippen LogP contribution in [0.15, 0.2) is 76.5 Å². The second-order valence-electron chi connectivity index (χ2n) is 16.4. The van der Waals surface area contributed by atoms with Crippen LogP contribution < -0.4 is 36.0 Å². The summed E-state index contributed by atoms with van der Waals surface area (Å²) < 4.78 is 38.7. The summed E-state index contributed by atoms with van der Waals surface area (Å²) in [5, 5.41) is 17.9. The number of hydrogen-bond acceptors (Lipinski definition) is 13. The molecule has 0 spiro atoms. The molecule has 1 heterocycles. The summed E-state index contributed by atoms with van der Waals surface area (Å²) in [6, 6.07) is 17.9. The van der Waals surface area contributed by atoms with Gasteiger partial charge in [-0.05, 0) is 87.4 Å². The molecule has 5 rings (SSSR count). The molecule has 0 aliphatic carbocycles. The smallest absolute Gasteiger partial charge is 0.297 e. The highest BCUT2D eigenvalue weighted by Gasteiger charge is 2.30. The maximum atomic E-state index is 14.8. The van der Waals surface area contributed by atoms with Crippen LogP contribution in [0.25, 0.3) is 10.9 Å². The summed E-state index contributed by atoms with van der Waals surface area (Å²) in [7, 11) is -3.42. The number of benzene rings is 4. The van der Waals surface area contributed by atoms with Gasteiger partial charge in [-0.25, -0.2) is 23.1 Å². The Bertz CT molecular complexity index is 2870. The third kappa shape index (κ3) is 13.0. The standard InChI is InChI=1S/C45H53Cl2N9O9S/c1-10-38(65-37-17-12-26(3)20-28(37)5)64-25-48-30-13-15-33(47)35(24-30)51-42(57)40(50-34-16-14-31(21-27(34)4)54(11-2)19-18-49-66(9,62)63)41-52-39-32(22-29(46)23-36(39)56(60)61)43(58)55(41)53-44(59)45(6,7)8/h12-17,20-24,38,48-49H,10-11,18-19,25H2,1-9H3,(H,51,57)(H,53,59). The Balaban J connectivity index is 1.60. The Morgan fingerprint density at radius 2 is 1.73 bits per heavy atom. The van der Waals surface area contributed by atoms with E-state index < -0.39 is 66.8 Å². The first-order valence-electron chi connectivity index (χ1n) is 20.8. The number of carbonyl (C=O) groups is 2. The van der Waals surface area contributed by atoms with Gasteiger partial charge in [0.1, 0.15) is 12.5 Å². The number of anilines is 3. The van der Waals surface area contributed by atoms with Gasteiger partial charge in [0.15, 0.2) is 17.1 Å². The predicted molar refractivity (Wildman–Crippen MR) is 260 cm³/mol. The quantitative estimate of drug-likeness (QED) is 0.0267. The molecular formula is C45H53Cl2N9O9S. The molecule has 0 saturated carbocycles. The minimum absolute atomic E-state index is 0.00759. The molecule has 352 valence electrons. The maximum Gasteiger partial charge on any atom is 0.297 e. The molecule has 1 atom stereocenters. The molecule has 0 aliphatic heterocycles. The third-order valence-corrected chi connectivity index (χ3v) is 11.3. The van der Waals surface area contributed by atoms with Crippen LogP contribution in [-0.4, -0.2) is 79.4 Å². The highest BCUT2D eigenvalue weighted by molar-refractivity contribution is 7.88. The molecule has 0 saturated heterocycles. The number of hydrogen-bond donors (Lipinski definition) is 4. The van der Waals surface area contributed by atoms with E-state index in [1.165, 1.54) is 12.1 Å². The van der Waals surface area contributed by atoms with Gasteiger partial charge in [-0.1, -0.05) is 68.6 Å². The summed E-state index contributed by atoms with van der Waals surface area (Å²) >= 11 is 12.9. The number of fused-ring (bicyclic) bond motifs is 1. The zero-order valence-electron chi connectivity index (χ0n) is 38.0. The lowest BCUT2D eigenvalue weighted by Gasteiger charge is -2.24. The van der Waals surface area contributed by atoms with Crippen LogP contribution in [0.2, 0.25) is 10.0 Å². The number of amides is 2. The third-order valence-electron chi connectivity index (χ3n) is 10.0. The fraction of sp³-hybridized carbons (Fsp3) is 0.356. The molecule has 18 nitrogen and oxygen atoms in total. The highest BCUT2D eigenvalue weighted by Crippen LogP contribution is 2.31. The van der Waals surface area contributed by atoms with Crippen LogP contribution in [0, 0.1) is 36.3 Å². The molecule has 1 unspecified atom stereocenters. The zero-order valence-corrected chi connectivity index (χ0v) is 40.4. The summed E-state index contributed by atoms with van der Waals surface area (Å²) in [5.74, 6) is -1.49. The van der Waals surface area contributed by atoms with Crippen LogP contribution in [0.4, 0.5) is 28.4 Å². The normalized spacial score (nSPS) is 12.4. The number of halogens is 2. The van der Waals surface area contributed by atoms with E-state index in [2.05, 4.69) is 25.8 Å². The number of likely N-dealkylation sites (N-methyl/N-ethyl adjacent to an activating group) is 1. The van der Waals surface area contributed by atoms with Gasteiger partial charge >= 0.3 is 0 Å². The minimum atomic E-state index is -3.42. The van der Waals surface area contributed by atoms with Crippen molar-refractivity contribution in [3.63, 3.8) is 0 Å². The molecule has 0 bridgehead atoms. The van der Waals surface area contributed by atoms with E-state index >= 15 is 0 Å². The largest absolute Gasteiger partial charge is 0.465 e. The number of non-ortho nitro benzene ring substituents is 1. The van der Waals surface area contributed by atoms with E-state index in [1.54, 1.807) is 58.0 Å². The van der Waals surface area contributed by atoms with Gasteiger partial charge < -0.3 is 25.0 Å². The van der Waals surface area contributed by atoms with Crippen molar-refractivity contribution < 1.29 is 32.4 Å². The van der Waals surface area contributed by atoms with Gasteiger partial charge in [0.05, 0.1) is 33.0 Å². The Labute approximate surface area is 392 Å². The fourth-order valence-corrected chi connectivity index (χ4v) is 7.31. The molecule has 4 aromatic carbocycles. The number of carbonyl (C=O) groups excluding carboxylic acids is 2. The number of nitrogens with one attached hydrogen (secondary N) is 4. The minimum Gasteiger partial charge on any atom is -0.465 e. The topological polar surface area (TPSA) is 228 Å². The molecule has 4 N–H and O–H groups in total. The Morgan fingerprint density at radius 3 is 2.35 bits per heavy atom. The second kappa shape index (κ2) is 21.5. The van der Waals surface area contributed by atoms with Gasteiger partial charge in [-0.15, -0.1) is 0 Å². The lowest BCUT2D eigenvalue weighted by Crippen LogP contribution is -2.43. The predicted octanol–water partition coefficient (Wildman–Crippen LogP) is 7.99. The van der Waals surface area contributed by atoms with E-state index in [-0.39, 0.29) is 40.1 Å². The molecule has 5 aromatic rings. The Hall–Kier alpha value is -6.12. The zero-order chi connectivity index (χ0) is 48.7. The number of nitro benzene ring substituents is 1. The monoisotopic (exact) mass is 965 g/mol. The Morgan fingerprint density at radius 1 is 1.00 bits per heavy atom. The van der Waals surface area contributed by atoms with Crippen LogP contribution in [0.3, 0.4) is 0 Å². The number of aliphatic imine (C=N–C) groups is 1. The average Bonchev–Trinajstić information content (AvgIpc) is 3.23. The lowest BCUT2D eigenvalue weighted by molar-refractivity contribution is -0.383. The van der Waals surface area contributed by atoms with E-state index in [0.717, 1.165) is 23.4 Å². The lowest BCUT2D eigenvalue weighted by atomic mass is 9.96. The van der Waals surface area contributed by atoms with E-state index in [1.807, 2.05) is 50.8 Å². The SMILES string of the molecule is CCC(OCNc1ccc(Cl)c(NC(=O)C(=Nc2ccc(N(CC)CCNS(C)(=O)=O)cc2C)c2nc3c([N+](=O)[O-])cc(Cl)cc3c(=O)n2NC(=O)C(C)(C)C)c1)Oc1ccc(C)cc1C. The van der Waals surface area contributed by atoms with Gasteiger partial charge in [0.2, 0.25) is 22.2 Å². The van der Waals surface area contributed by atoms with Crippen LogP contribution >= 0.6 is 23.2 Å². The van der Waals surface area contributed by atoms with Gasteiger partial charge in [0, 0.05) is 53.9 Å². The number of aromatic nitrogens is 2. The van der Waals surface area contributed by atoms with Crippen molar-refractivity contribution in [1.29, 1.82) is 0 Å². The first-order valence-corrected chi connectivity index (χ1v) is 23.5.